The van der Waals surface area contributed by atoms with Crippen LogP contribution >= 0.6 is 0 Å². The van der Waals surface area contributed by atoms with Crippen molar-refractivity contribution in [2.45, 2.75) is 0 Å². The molecule has 4 heteroatoms. The molecule has 0 spiro atoms. The molecule has 2 aromatic carbocycles. The fourth-order valence-corrected chi connectivity index (χ4v) is 2.85. The van der Waals surface area contributed by atoms with Gasteiger partial charge in [0, 0.05) is 23.3 Å². The summed E-state index contributed by atoms with van der Waals surface area (Å²) in [5, 5.41) is 1.89. The van der Waals surface area contributed by atoms with Gasteiger partial charge in [0.25, 0.3) is 0 Å². The summed E-state index contributed by atoms with van der Waals surface area (Å²) < 4.78 is 15.3. The van der Waals surface area contributed by atoms with E-state index in [2.05, 4.69) is 4.98 Å². The summed E-state index contributed by atoms with van der Waals surface area (Å²) in [6, 6.07) is 12.0. The van der Waals surface area contributed by atoms with Crippen molar-refractivity contribution in [3.05, 3.63) is 58.5 Å². The molecule has 0 amide bonds. The summed E-state index contributed by atoms with van der Waals surface area (Å²) in [7, 11) is 1.87. The Bertz CT molecular complexity index is 1040. The van der Waals surface area contributed by atoms with Crippen LogP contribution in [0.2, 0.25) is 0 Å². The Labute approximate surface area is 113 Å². The highest BCUT2D eigenvalue weighted by Crippen LogP contribution is 2.25. The SMILES string of the molecule is Cn1c2ccc(F)cc2c(=O)c2c3ccccc3[nH]c21. The van der Waals surface area contributed by atoms with E-state index in [1.807, 2.05) is 35.9 Å². The number of aromatic nitrogens is 2. The van der Waals surface area contributed by atoms with E-state index in [0.29, 0.717) is 10.8 Å². The van der Waals surface area contributed by atoms with Gasteiger partial charge in [-0.25, -0.2) is 4.39 Å². The van der Waals surface area contributed by atoms with Crippen LogP contribution in [0.25, 0.3) is 32.8 Å². The molecular formula is C16H11FN2O. The van der Waals surface area contributed by atoms with E-state index >= 15 is 0 Å². The van der Waals surface area contributed by atoms with Crippen molar-refractivity contribution < 1.29 is 4.39 Å². The first-order valence-corrected chi connectivity index (χ1v) is 6.35. The molecule has 3 nitrogen and oxygen atoms in total. The summed E-state index contributed by atoms with van der Waals surface area (Å²) in [5.41, 5.74) is 2.25. The maximum Gasteiger partial charge on any atom is 0.199 e. The van der Waals surface area contributed by atoms with Gasteiger partial charge in [-0.15, -0.1) is 0 Å². The van der Waals surface area contributed by atoms with Crippen LogP contribution in [0.4, 0.5) is 4.39 Å². The molecule has 0 fully saturated rings. The lowest BCUT2D eigenvalue weighted by atomic mass is 10.1. The van der Waals surface area contributed by atoms with Gasteiger partial charge in [0.15, 0.2) is 5.43 Å². The van der Waals surface area contributed by atoms with Crippen molar-refractivity contribution in [2.24, 2.45) is 7.05 Å². The number of fused-ring (bicyclic) bond motifs is 4. The lowest BCUT2D eigenvalue weighted by Gasteiger charge is -2.07. The lowest BCUT2D eigenvalue weighted by Crippen LogP contribution is -2.08. The van der Waals surface area contributed by atoms with E-state index in [-0.39, 0.29) is 5.43 Å². The minimum atomic E-state index is -0.395. The fourth-order valence-electron chi connectivity index (χ4n) is 2.85. The van der Waals surface area contributed by atoms with Crippen molar-refractivity contribution in [1.82, 2.24) is 9.55 Å². The molecule has 20 heavy (non-hydrogen) atoms. The minimum Gasteiger partial charge on any atom is -0.340 e. The summed E-state index contributed by atoms with van der Waals surface area (Å²) in [5.74, 6) is -0.395. The average Bonchev–Trinajstić information content (AvgIpc) is 2.84. The number of nitrogens with one attached hydrogen (secondary N) is 1. The second-order valence-electron chi connectivity index (χ2n) is 4.94. The number of para-hydroxylation sites is 1. The van der Waals surface area contributed by atoms with Crippen molar-refractivity contribution in [3.8, 4) is 0 Å². The molecule has 98 valence electrons. The first-order chi connectivity index (χ1) is 9.66. The standard InChI is InChI=1S/C16H11FN2O/c1-19-13-7-6-9(17)8-11(13)15(20)14-10-4-2-3-5-12(10)18-16(14)19/h2-8,18H,1H3. The van der Waals surface area contributed by atoms with E-state index in [1.165, 1.54) is 12.1 Å². The number of nitrogens with zero attached hydrogens (tertiary/aromatic N) is 1. The number of hydrogen-bond donors (Lipinski definition) is 1. The highest BCUT2D eigenvalue weighted by Gasteiger charge is 2.14. The smallest absolute Gasteiger partial charge is 0.199 e. The van der Waals surface area contributed by atoms with Gasteiger partial charge in [-0.2, -0.15) is 0 Å². The first-order valence-electron chi connectivity index (χ1n) is 6.35. The number of aryl methyl sites for hydroxylation is 1. The van der Waals surface area contributed by atoms with Crippen LogP contribution in [0.3, 0.4) is 0 Å². The largest absolute Gasteiger partial charge is 0.340 e. The Morgan fingerprint density at radius 1 is 1.10 bits per heavy atom. The Hall–Kier alpha value is -2.62. The van der Waals surface area contributed by atoms with Crippen LogP contribution in [-0.2, 0) is 7.05 Å². The van der Waals surface area contributed by atoms with Gasteiger partial charge in [0.05, 0.1) is 10.9 Å². The second-order valence-corrected chi connectivity index (χ2v) is 4.94. The molecule has 0 unspecified atom stereocenters. The van der Waals surface area contributed by atoms with Crippen LogP contribution in [0.5, 0.6) is 0 Å². The van der Waals surface area contributed by atoms with Gasteiger partial charge < -0.3 is 9.55 Å². The number of halogens is 1. The van der Waals surface area contributed by atoms with E-state index in [4.69, 9.17) is 0 Å². The molecule has 0 aliphatic heterocycles. The van der Waals surface area contributed by atoms with E-state index < -0.39 is 5.82 Å². The molecule has 2 heterocycles. The molecule has 0 radical (unpaired) electrons. The van der Waals surface area contributed by atoms with Crippen molar-refractivity contribution in [3.63, 3.8) is 0 Å². The highest BCUT2D eigenvalue weighted by molar-refractivity contribution is 6.09. The van der Waals surface area contributed by atoms with Crippen LogP contribution in [-0.4, -0.2) is 9.55 Å². The summed E-state index contributed by atoms with van der Waals surface area (Å²) >= 11 is 0. The zero-order valence-electron chi connectivity index (χ0n) is 10.8. The zero-order valence-corrected chi connectivity index (χ0v) is 10.8. The predicted octanol–water partition coefficient (Wildman–Crippen LogP) is 3.31. The maximum atomic E-state index is 13.4. The van der Waals surface area contributed by atoms with Gasteiger partial charge in [-0.05, 0) is 24.3 Å². The van der Waals surface area contributed by atoms with Gasteiger partial charge >= 0.3 is 0 Å². The van der Waals surface area contributed by atoms with Crippen LogP contribution in [0, 0.1) is 5.82 Å². The third-order valence-electron chi connectivity index (χ3n) is 3.81. The summed E-state index contributed by atoms with van der Waals surface area (Å²) in [6.45, 7) is 0. The zero-order chi connectivity index (χ0) is 13.9. The molecule has 1 N–H and O–H groups in total. The number of rotatable bonds is 0. The number of benzene rings is 2. The van der Waals surface area contributed by atoms with Gasteiger partial charge in [0.1, 0.15) is 11.5 Å². The Morgan fingerprint density at radius 3 is 2.75 bits per heavy atom. The Balaban J connectivity index is 2.40. The van der Waals surface area contributed by atoms with E-state index in [1.54, 1.807) is 6.07 Å². The monoisotopic (exact) mass is 266 g/mol. The number of pyridine rings is 1. The molecule has 4 aromatic rings. The van der Waals surface area contributed by atoms with Gasteiger partial charge in [-0.3, -0.25) is 4.79 Å². The second kappa shape index (κ2) is 3.70. The predicted molar refractivity (Wildman–Crippen MR) is 78.5 cm³/mol. The third-order valence-corrected chi connectivity index (χ3v) is 3.81. The molecule has 0 saturated carbocycles. The molecule has 0 aliphatic carbocycles. The van der Waals surface area contributed by atoms with Crippen molar-refractivity contribution in [1.29, 1.82) is 0 Å². The summed E-state index contributed by atoms with van der Waals surface area (Å²) in [6.07, 6.45) is 0. The molecule has 2 aromatic heterocycles. The number of H-pyrrole nitrogens is 1. The Morgan fingerprint density at radius 2 is 1.90 bits per heavy atom. The number of aromatic amines is 1. The molecule has 4 rings (SSSR count). The molecule has 0 atom stereocenters. The lowest BCUT2D eigenvalue weighted by molar-refractivity contribution is 0.629. The summed E-state index contributed by atoms with van der Waals surface area (Å²) in [4.78, 5) is 15.9. The van der Waals surface area contributed by atoms with Crippen LogP contribution in [0.15, 0.2) is 47.3 Å². The minimum absolute atomic E-state index is 0.134. The average molecular weight is 266 g/mol. The normalized spacial score (nSPS) is 11.7. The Kier molecular flexibility index (Phi) is 2.07. The third kappa shape index (κ3) is 1.30. The highest BCUT2D eigenvalue weighted by atomic mass is 19.1. The molecule has 0 aliphatic rings. The van der Waals surface area contributed by atoms with Crippen LogP contribution < -0.4 is 5.43 Å². The van der Waals surface area contributed by atoms with Gasteiger partial charge in [-0.1, -0.05) is 18.2 Å². The number of hydrogen-bond acceptors (Lipinski definition) is 1. The van der Waals surface area contributed by atoms with E-state index in [9.17, 15) is 9.18 Å². The van der Waals surface area contributed by atoms with Crippen LogP contribution in [0.1, 0.15) is 0 Å². The van der Waals surface area contributed by atoms with Crippen molar-refractivity contribution in [2.75, 3.05) is 0 Å². The van der Waals surface area contributed by atoms with Crippen molar-refractivity contribution >= 4 is 32.8 Å². The molecule has 0 saturated heterocycles. The topological polar surface area (TPSA) is 37.8 Å². The quantitative estimate of drug-likeness (QED) is 0.521. The maximum absolute atomic E-state index is 13.4. The van der Waals surface area contributed by atoms with Gasteiger partial charge in [0.2, 0.25) is 0 Å². The molecular weight excluding hydrogens is 255 g/mol. The molecule has 0 bridgehead atoms. The first kappa shape index (κ1) is 11.2. The van der Waals surface area contributed by atoms with E-state index in [0.717, 1.165) is 22.1 Å². The fraction of sp³-hybridized carbons (Fsp3) is 0.0625.